The van der Waals surface area contributed by atoms with Crippen molar-refractivity contribution in [2.45, 2.75) is 52.9 Å². The number of hydrogen-bond donors (Lipinski definition) is 0. The van der Waals surface area contributed by atoms with Gasteiger partial charge in [0.25, 0.3) is 0 Å². The number of aromatic nitrogens is 1. The molecule has 1 aromatic rings. The first-order chi connectivity index (χ1) is 8.59. The highest BCUT2D eigenvalue weighted by molar-refractivity contribution is 5.16. The maximum atomic E-state index is 4.06. The van der Waals surface area contributed by atoms with Gasteiger partial charge < -0.3 is 0 Å². The van der Waals surface area contributed by atoms with Crippen LogP contribution < -0.4 is 0 Å². The van der Waals surface area contributed by atoms with Crippen LogP contribution in [0.3, 0.4) is 0 Å². The molecule has 0 amide bonds. The maximum Gasteiger partial charge on any atom is 0.0270 e. The van der Waals surface area contributed by atoms with Crippen LogP contribution in [-0.2, 0) is 0 Å². The van der Waals surface area contributed by atoms with E-state index < -0.39 is 0 Å². The molecule has 0 spiro atoms. The fraction of sp³-hybridized carbons (Fsp3) is 0.471. The summed E-state index contributed by atoms with van der Waals surface area (Å²) in [4.78, 5) is 4.06. The van der Waals surface area contributed by atoms with Crippen molar-refractivity contribution in [1.82, 2.24) is 4.98 Å². The molecule has 1 rings (SSSR count). The minimum Gasteiger partial charge on any atom is -0.265 e. The van der Waals surface area contributed by atoms with Gasteiger partial charge in [-0.2, -0.15) is 0 Å². The van der Waals surface area contributed by atoms with E-state index in [1.54, 1.807) is 0 Å². The largest absolute Gasteiger partial charge is 0.265 e. The van der Waals surface area contributed by atoms with Crippen molar-refractivity contribution in [2.75, 3.05) is 0 Å². The number of pyridine rings is 1. The highest BCUT2D eigenvalue weighted by Crippen LogP contribution is 2.20. The zero-order valence-corrected chi connectivity index (χ0v) is 12.1. The fourth-order valence-electron chi connectivity index (χ4n) is 1.90. The SMILES string of the molecule is CC(C)=CCCC(C)=CCC(C)c1ccncc1. The van der Waals surface area contributed by atoms with Gasteiger partial charge in [0.15, 0.2) is 0 Å². The van der Waals surface area contributed by atoms with Crippen LogP contribution in [-0.4, -0.2) is 4.98 Å². The topological polar surface area (TPSA) is 12.9 Å². The molecule has 18 heavy (non-hydrogen) atoms. The number of hydrogen-bond acceptors (Lipinski definition) is 1. The summed E-state index contributed by atoms with van der Waals surface area (Å²) >= 11 is 0. The molecule has 0 aliphatic rings. The van der Waals surface area contributed by atoms with E-state index in [1.165, 1.54) is 23.1 Å². The summed E-state index contributed by atoms with van der Waals surface area (Å²) in [6.07, 6.45) is 11.9. The van der Waals surface area contributed by atoms with Crippen LogP contribution in [0, 0.1) is 0 Å². The smallest absolute Gasteiger partial charge is 0.0270 e. The monoisotopic (exact) mass is 243 g/mol. The third-order valence-corrected chi connectivity index (χ3v) is 3.19. The van der Waals surface area contributed by atoms with Crippen molar-refractivity contribution in [3.05, 3.63) is 53.4 Å². The summed E-state index contributed by atoms with van der Waals surface area (Å²) in [6.45, 7) is 8.82. The van der Waals surface area contributed by atoms with E-state index >= 15 is 0 Å². The molecule has 1 atom stereocenters. The van der Waals surface area contributed by atoms with Gasteiger partial charge >= 0.3 is 0 Å². The van der Waals surface area contributed by atoms with Crippen molar-refractivity contribution in [1.29, 1.82) is 0 Å². The Morgan fingerprint density at radius 2 is 1.83 bits per heavy atom. The molecule has 0 radical (unpaired) electrons. The van der Waals surface area contributed by atoms with Crippen LogP contribution >= 0.6 is 0 Å². The average Bonchev–Trinajstić information content (AvgIpc) is 2.36. The third-order valence-electron chi connectivity index (χ3n) is 3.19. The molecule has 1 aromatic heterocycles. The van der Waals surface area contributed by atoms with Crippen molar-refractivity contribution < 1.29 is 0 Å². The van der Waals surface area contributed by atoms with Gasteiger partial charge in [-0.3, -0.25) is 4.98 Å². The summed E-state index contributed by atoms with van der Waals surface area (Å²) in [5.74, 6) is 0.575. The Morgan fingerprint density at radius 1 is 1.17 bits per heavy atom. The molecule has 98 valence electrons. The molecule has 1 heteroatoms. The van der Waals surface area contributed by atoms with E-state index in [0.717, 1.165) is 12.8 Å². The summed E-state index contributed by atoms with van der Waals surface area (Å²) in [7, 11) is 0. The first-order valence-electron chi connectivity index (χ1n) is 6.78. The Hall–Kier alpha value is -1.37. The molecule has 0 aliphatic heterocycles. The zero-order chi connectivity index (χ0) is 13.4. The molecule has 1 unspecified atom stereocenters. The first-order valence-corrected chi connectivity index (χ1v) is 6.78. The lowest BCUT2D eigenvalue weighted by atomic mass is 9.97. The van der Waals surface area contributed by atoms with E-state index in [4.69, 9.17) is 0 Å². The third kappa shape index (κ3) is 5.81. The Labute approximate surface area is 112 Å². The molecule has 0 aliphatic carbocycles. The van der Waals surface area contributed by atoms with Gasteiger partial charge in [0, 0.05) is 12.4 Å². The second-order valence-corrected chi connectivity index (χ2v) is 5.29. The Bertz CT molecular complexity index is 397. The van der Waals surface area contributed by atoms with Crippen molar-refractivity contribution in [3.63, 3.8) is 0 Å². The lowest BCUT2D eigenvalue weighted by Crippen LogP contribution is -1.92. The molecule has 1 nitrogen and oxygen atoms in total. The zero-order valence-electron chi connectivity index (χ0n) is 12.1. The second kappa shape index (κ2) is 7.86. The van der Waals surface area contributed by atoms with Gasteiger partial charge in [-0.15, -0.1) is 0 Å². The molecular weight excluding hydrogens is 218 g/mol. The highest BCUT2D eigenvalue weighted by atomic mass is 14.6. The Morgan fingerprint density at radius 3 is 2.44 bits per heavy atom. The molecule has 0 fully saturated rings. The lowest BCUT2D eigenvalue weighted by Gasteiger charge is -2.09. The van der Waals surface area contributed by atoms with Crippen LogP contribution in [0.1, 0.15) is 58.4 Å². The molecule has 0 N–H and O–H groups in total. The van der Waals surface area contributed by atoms with E-state index in [1.807, 2.05) is 12.4 Å². The first kappa shape index (κ1) is 14.7. The van der Waals surface area contributed by atoms with E-state index in [9.17, 15) is 0 Å². The predicted octanol–water partition coefficient (Wildman–Crippen LogP) is 5.27. The van der Waals surface area contributed by atoms with Crippen LogP contribution in [0.2, 0.25) is 0 Å². The quantitative estimate of drug-likeness (QED) is 0.620. The van der Waals surface area contributed by atoms with Crippen LogP contribution in [0.25, 0.3) is 0 Å². The summed E-state index contributed by atoms with van der Waals surface area (Å²) in [6, 6.07) is 4.22. The molecule has 0 saturated carbocycles. The second-order valence-electron chi connectivity index (χ2n) is 5.29. The highest BCUT2D eigenvalue weighted by Gasteiger charge is 2.02. The molecule has 0 bridgehead atoms. The van der Waals surface area contributed by atoms with Crippen LogP contribution in [0.15, 0.2) is 47.8 Å². The fourth-order valence-corrected chi connectivity index (χ4v) is 1.90. The van der Waals surface area contributed by atoms with Gasteiger partial charge in [0.2, 0.25) is 0 Å². The summed E-state index contributed by atoms with van der Waals surface area (Å²) in [5, 5.41) is 0. The van der Waals surface area contributed by atoms with E-state index in [0.29, 0.717) is 5.92 Å². The van der Waals surface area contributed by atoms with Gasteiger partial charge in [0.05, 0.1) is 0 Å². The molecule has 0 aromatic carbocycles. The van der Waals surface area contributed by atoms with Crippen molar-refractivity contribution in [3.8, 4) is 0 Å². The molecule has 1 heterocycles. The minimum absolute atomic E-state index is 0.575. The number of rotatable bonds is 6. The van der Waals surface area contributed by atoms with Gasteiger partial charge in [-0.1, -0.05) is 30.2 Å². The van der Waals surface area contributed by atoms with Crippen LogP contribution in [0.4, 0.5) is 0 Å². The Kier molecular flexibility index (Phi) is 6.42. The van der Waals surface area contributed by atoms with Gasteiger partial charge in [-0.25, -0.2) is 0 Å². The van der Waals surface area contributed by atoms with E-state index in [2.05, 4.69) is 57.0 Å². The van der Waals surface area contributed by atoms with Gasteiger partial charge in [-0.05, 0) is 63.6 Å². The maximum absolute atomic E-state index is 4.06. The lowest BCUT2D eigenvalue weighted by molar-refractivity contribution is 0.769. The average molecular weight is 243 g/mol. The van der Waals surface area contributed by atoms with Crippen LogP contribution in [0.5, 0.6) is 0 Å². The standard InChI is InChI=1S/C17H25N/c1-14(2)6-5-7-15(3)8-9-16(4)17-10-12-18-13-11-17/h6,8,10-13,16H,5,7,9H2,1-4H3. The summed E-state index contributed by atoms with van der Waals surface area (Å²) in [5.41, 5.74) is 4.28. The normalized spacial score (nSPS) is 13.2. The molecule has 0 saturated heterocycles. The van der Waals surface area contributed by atoms with Crippen molar-refractivity contribution in [2.24, 2.45) is 0 Å². The minimum atomic E-state index is 0.575. The predicted molar refractivity (Wildman–Crippen MR) is 79.7 cm³/mol. The summed E-state index contributed by atoms with van der Waals surface area (Å²) < 4.78 is 0. The number of nitrogens with zero attached hydrogens (tertiary/aromatic N) is 1. The Balaban J connectivity index is 2.41. The van der Waals surface area contributed by atoms with Crippen molar-refractivity contribution >= 4 is 0 Å². The molecular formula is C17H25N. The van der Waals surface area contributed by atoms with Gasteiger partial charge in [0.1, 0.15) is 0 Å². The van der Waals surface area contributed by atoms with E-state index in [-0.39, 0.29) is 0 Å². The number of allylic oxidation sites excluding steroid dienone is 4.